The van der Waals surface area contributed by atoms with Gasteiger partial charge in [-0.2, -0.15) is 13.2 Å². The number of alkyl halides is 3. The molecule has 2 rings (SSSR count). The molecule has 0 saturated heterocycles. The number of hydrogen-bond acceptors (Lipinski definition) is 2. The Kier molecular flexibility index (Phi) is 3.84. The van der Waals surface area contributed by atoms with Gasteiger partial charge in [0.1, 0.15) is 6.54 Å². The molecule has 2 aliphatic rings. The van der Waals surface area contributed by atoms with Gasteiger partial charge in [0.25, 0.3) is 0 Å². The van der Waals surface area contributed by atoms with Gasteiger partial charge in [-0.1, -0.05) is 0 Å². The van der Waals surface area contributed by atoms with Crippen LogP contribution in [0.15, 0.2) is 0 Å². The highest BCUT2D eigenvalue weighted by molar-refractivity contribution is 5.78. The predicted octanol–water partition coefficient (Wildman–Crippen LogP) is 1.93. The Hall–Kier alpha value is -0.780. The SMILES string of the molecule is CC(C1CC1)N(CC(F)(F)F)C(=O)CNC1CC1. The van der Waals surface area contributed by atoms with Crippen LogP contribution >= 0.6 is 0 Å². The third kappa shape index (κ3) is 4.15. The molecule has 2 fully saturated rings. The molecule has 0 aromatic carbocycles. The number of amides is 1. The molecular formula is C12H19F3N2O. The zero-order chi connectivity index (χ0) is 13.3. The van der Waals surface area contributed by atoms with Crippen LogP contribution in [0.3, 0.4) is 0 Å². The van der Waals surface area contributed by atoms with E-state index in [-0.39, 0.29) is 18.5 Å². The smallest absolute Gasteiger partial charge is 0.330 e. The van der Waals surface area contributed by atoms with E-state index in [0.29, 0.717) is 6.04 Å². The van der Waals surface area contributed by atoms with Crippen LogP contribution in [0.2, 0.25) is 0 Å². The van der Waals surface area contributed by atoms with Gasteiger partial charge in [0.15, 0.2) is 0 Å². The lowest BCUT2D eigenvalue weighted by atomic mass is 10.1. The highest BCUT2D eigenvalue weighted by atomic mass is 19.4. The maximum absolute atomic E-state index is 12.5. The summed E-state index contributed by atoms with van der Waals surface area (Å²) in [5, 5.41) is 2.98. The van der Waals surface area contributed by atoms with Crippen LogP contribution in [-0.2, 0) is 4.79 Å². The van der Waals surface area contributed by atoms with Crippen LogP contribution in [0.25, 0.3) is 0 Å². The van der Waals surface area contributed by atoms with Gasteiger partial charge in [-0.3, -0.25) is 4.79 Å². The van der Waals surface area contributed by atoms with Gasteiger partial charge >= 0.3 is 6.18 Å². The minimum absolute atomic E-state index is 0.0256. The molecule has 18 heavy (non-hydrogen) atoms. The molecule has 0 aromatic heterocycles. The summed E-state index contributed by atoms with van der Waals surface area (Å²) in [6.07, 6.45) is -0.425. The first-order chi connectivity index (χ1) is 8.37. The molecule has 0 bridgehead atoms. The second-order valence-electron chi connectivity index (χ2n) is 5.37. The molecule has 2 saturated carbocycles. The first-order valence-corrected chi connectivity index (χ1v) is 6.46. The van der Waals surface area contributed by atoms with Crippen LogP contribution < -0.4 is 5.32 Å². The van der Waals surface area contributed by atoms with Crippen molar-refractivity contribution in [1.82, 2.24) is 10.2 Å². The standard InChI is InChI=1S/C12H19F3N2O/c1-8(9-2-3-9)17(7-12(13,14)15)11(18)6-16-10-4-5-10/h8-10,16H,2-7H2,1H3. The molecule has 1 atom stereocenters. The number of halogens is 3. The van der Waals surface area contributed by atoms with Crippen LogP contribution in [0.5, 0.6) is 0 Å². The van der Waals surface area contributed by atoms with Crippen LogP contribution in [0.4, 0.5) is 13.2 Å². The monoisotopic (exact) mass is 264 g/mol. The summed E-state index contributed by atoms with van der Waals surface area (Å²) in [5.41, 5.74) is 0. The van der Waals surface area contributed by atoms with Crippen molar-refractivity contribution in [2.24, 2.45) is 5.92 Å². The fraction of sp³-hybridized carbons (Fsp3) is 0.917. The van der Waals surface area contributed by atoms with Crippen molar-refractivity contribution in [2.45, 2.75) is 50.9 Å². The molecule has 1 N–H and O–H groups in total. The molecule has 1 amide bonds. The second kappa shape index (κ2) is 5.07. The van der Waals surface area contributed by atoms with Crippen molar-refractivity contribution >= 4 is 5.91 Å². The van der Waals surface area contributed by atoms with E-state index in [1.54, 1.807) is 6.92 Å². The molecule has 2 aliphatic carbocycles. The van der Waals surface area contributed by atoms with Gasteiger partial charge in [-0.15, -0.1) is 0 Å². The molecule has 0 spiro atoms. The number of carbonyl (C=O) groups is 1. The quantitative estimate of drug-likeness (QED) is 0.795. The first kappa shape index (κ1) is 13.6. The summed E-state index contributed by atoms with van der Waals surface area (Å²) in [6.45, 7) is 0.617. The molecule has 6 heteroatoms. The van der Waals surface area contributed by atoms with E-state index in [2.05, 4.69) is 5.32 Å². The van der Waals surface area contributed by atoms with Crippen LogP contribution in [0, 0.1) is 5.92 Å². The Bertz CT molecular complexity index is 311. The van der Waals surface area contributed by atoms with Crippen molar-refractivity contribution in [1.29, 1.82) is 0 Å². The zero-order valence-electron chi connectivity index (χ0n) is 10.5. The Balaban J connectivity index is 1.90. The predicted molar refractivity (Wildman–Crippen MR) is 61.0 cm³/mol. The summed E-state index contributed by atoms with van der Waals surface area (Å²) >= 11 is 0. The minimum Gasteiger partial charge on any atom is -0.330 e. The largest absolute Gasteiger partial charge is 0.406 e. The highest BCUT2D eigenvalue weighted by Gasteiger charge is 2.40. The van der Waals surface area contributed by atoms with Crippen LogP contribution in [-0.4, -0.2) is 42.2 Å². The number of nitrogens with one attached hydrogen (secondary N) is 1. The molecule has 1 unspecified atom stereocenters. The van der Waals surface area contributed by atoms with Crippen molar-refractivity contribution < 1.29 is 18.0 Å². The summed E-state index contributed by atoms with van der Waals surface area (Å²) < 4.78 is 37.5. The molecular weight excluding hydrogens is 245 g/mol. The Morgan fingerprint density at radius 1 is 1.33 bits per heavy atom. The summed E-state index contributed by atoms with van der Waals surface area (Å²) in [6, 6.07) is 0.0260. The average Bonchev–Trinajstić information content (AvgIpc) is 3.14. The summed E-state index contributed by atoms with van der Waals surface area (Å²) in [7, 11) is 0. The van der Waals surface area contributed by atoms with E-state index in [0.717, 1.165) is 30.6 Å². The van der Waals surface area contributed by atoms with Gasteiger partial charge in [0.05, 0.1) is 6.54 Å². The fourth-order valence-electron chi connectivity index (χ4n) is 2.11. The van der Waals surface area contributed by atoms with Crippen molar-refractivity contribution in [2.75, 3.05) is 13.1 Å². The summed E-state index contributed by atoms with van der Waals surface area (Å²) in [5.74, 6) is -0.184. The van der Waals surface area contributed by atoms with Gasteiger partial charge in [0, 0.05) is 12.1 Å². The third-order valence-electron chi connectivity index (χ3n) is 3.59. The average molecular weight is 264 g/mol. The van der Waals surface area contributed by atoms with E-state index < -0.39 is 18.6 Å². The minimum atomic E-state index is -4.32. The van der Waals surface area contributed by atoms with Crippen molar-refractivity contribution in [3.63, 3.8) is 0 Å². The van der Waals surface area contributed by atoms with E-state index in [1.807, 2.05) is 0 Å². The normalized spacial score (nSPS) is 21.8. The Morgan fingerprint density at radius 3 is 2.39 bits per heavy atom. The zero-order valence-corrected chi connectivity index (χ0v) is 10.5. The van der Waals surface area contributed by atoms with Gasteiger partial charge < -0.3 is 10.2 Å². The van der Waals surface area contributed by atoms with Gasteiger partial charge in [-0.05, 0) is 38.5 Å². The molecule has 0 aromatic rings. The lowest BCUT2D eigenvalue weighted by Crippen LogP contribution is -2.48. The Morgan fingerprint density at radius 2 is 1.94 bits per heavy atom. The highest BCUT2D eigenvalue weighted by Crippen LogP contribution is 2.36. The topological polar surface area (TPSA) is 32.3 Å². The number of carbonyl (C=O) groups excluding carboxylic acids is 1. The lowest BCUT2D eigenvalue weighted by molar-refractivity contribution is -0.165. The third-order valence-corrected chi connectivity index (χ3v) is 3.59. The van der Waals surface area contributed by atoms with Crippen molar-refractivity contribution in [3.05, 3.63) is 0 Å². The maximum atomic E-state index is 12.5. The molecule has 3 nitrogen and oxygen atoms in total. The van der Waals surface area contributed by atoms with E-state index >= 15 is 0 Å². The van der Waals surface area contributed by atoms with E-state index in [9.17, 15) is 18.0 Å². The van der Waals surface area contributed by atoms with Crippen LogP contribution in [0.1, 0.15) is 32.6 Å². The fourth-order valence-corrected chi connectivity index (χ4v) is 2.11. The number of nitrogens with zero attached hydrogens (tertiary/aromatic N) is 1. The molecule has 104 valence electrons. The summed E-state index contributed by atoms with van der Waals surface area (Å²) in [4.78, 5) is 12.9. The van der Waals surface area contributed by atoms with Crippen molar-refractivity contribution in [3.8, 4) is 0 Å². The number of hydrogen-bond donors (Lipinski definition) is 1. The Labute approximate surface area is 105 Å². The number of rotatable bonds is 6. The second-order valence-corrected chi connectivity index (χ2v) is 5.37. The van der Waals surface area contributed by atoms with Gasteiger partial charge in [0.2, 0.25) is 5.91 Å². The molecule has 0 radical (unpaired) electrons. The maximum Gasteiger partial charge on any atom is 0.406 e. The molecule has 0 aliphatic heterocycles. The first-order valence-electron chi connectivity index (χ1n) is 6.46. The lowest BCUT2D eigenvalue weighted by Gasteiger charge is -2.30. The van der Waals surface area contributed by atoms with E-state index in [4.69, 9.17) is 0 Å². The van der Waals surface area contributed by atoms with Gasteiger partial charge in [-0.25, -0.2) is 0 Å². The van der Waals surface area contributed by atoms with E-state index in [1.165, 1.54) is 0 Å². The molecule has 0 heterocycles.